The number of fused-ring (bicyclic) bond motifs is 1. The number of aliphatic hydroxyl groups is 3. The number of benzene rings is 1. The number of aryl methyl sites for hydroxylation is 1. The average Bonchev–Trinajstić information content (AvgIpc) is 3.64. The molecule has 0 heterocycles. The van der Waals surface area contributed by atoms with E-state index in [9.17, 15) is 15.3 Å². The summed E-state index contributed by atoms with van der Waals surface area (Å²) in [5, 5.41) is 31.7. The van der Waals surface area contributed by atoms with E-state index in [0.29, 0.717) is 30.6 Å². The zero-order valence-corrected chi connectivity index (χ0v) is 23.7. The van der Waals surface area contributed by atoms with Crippen molar-refractivity contribution < 1.29 is 15.3 Å². The van der Waals surface area contributed by atoms with Gasteiger partial charge in [-0.1, -0.05) is 81.5 Å². The minimum atomic E-state index is -0.635. The lowest BCUT2D eigenvalue weighted by Crippen LogP contribution is -2.35. The van der Waals surface area contributed by atoms with E-state index >= 15 is 0 Å². The normalized spacial score (nSPS) is 36.5. The van der Waals surface area contributed by atoms with Crippen LogP contribution in [-0.2, 0) is 11.8 Å². The van der Waals surface area contributed by atoms with E-state index in [-0.39, 0.29) is 10.8 Å². The van der Waals surface area contributed by atoms with Gasteiger partial charge in [0.05, 0.1) is 18.3 Å². The topological polar surface area (TPSA) is 60.7 Å². The average molecular weight is 517 g/mol. The fourth-order valence-corrected chi connectivity index (χ4v) is 8.20. The van der Waals surface area contributed by atoms with Crippen LogP contribution < -0.4 is 0 Å². The molecule has 0 saturated heterocycles. The van der Waals surface area contributed by atoms with Crippen LogP contribution in [0.3, 0.4) is 0 Å². The molecule has 206 valence electrons. The molecule has 0 aliphatic heterocycles. The van der Waals surface area contributed by atoms with Crippen LogP contribution in [0.25, 0.3) is 0 Å². The Kier molecular flexibility index (Phi) is 7.93. The van der Waals surface area contributed by atoms with Crippen molar-refractivity contribution in [1.29, 1.82) is 0 Å². The quantitative estimate of drug-likeness (QED) is 0.343. The summed E-state index contributed by atoms with van der Waals surface area (Å²) in [5.74, 6) is 1.62. The largest absolute Gasteiger partial charge is 0.393 e. The van der Waals surface area contributed by atoms with Crippen LogP contribution in [0.2, 0.25) is 0 Å². The predicted octanol–water partition coefficient (Wildman–Crippen LogP) is 6.97. The van der Waals surface area contributed by atoms with E-state index in [1.165, 1.54) is 42.4 Å². The second-order valence-electron chi connectivity index (χ2n) is 13.1. The standard InChI is InChI=1S/C35H48O3/c1-5-25-8-6-10-28(20-25)35(18-19-35)33(38)16-11-23(2)30-14-15-31-26(9-7-17-34(30,31)4)12-13-27-21-29(36)22-32(37)24(27)3/h6,8,10-13,16,20,23,29-33,36-38H,3,5,7,9,14-15,17-19,21-22H2,1-2,4H3/t23-,29-,30-,31+,32+,33+,34-/m1/s1. The summed E-state index contributed by atoms with van der Waals surface area (Å²) >= 11 is 0. The fraction of sp³-hybridized carbons (Fsp3) is 0.600. The molecule has 1 aromatic carbocycles. The third-order valence-electron chi connectivity index (χ3n) is 10.8. The molecule has 0 spiro atoms. The van der Waals surface area contributed by atoms with E-state index in [1.807, 2.05) is 0 Å². The van der Waals surface area contributed by atoms with Crippen LogP contribution in [0.4, 0.5) is 0 Å². The summed E-state index contributed by atoms with van der Waals surface area (Å²) in [6.45, 7) is 11.1. The van der Waals surface area contributed by atoms with Gasteiger partial charge in [0.2, 0.25) is 0 Å². The Morgan fingerprint density at radius 3 is 2.63 bits per heavy atom. The van der Waals surface area contributed by atoms with Gasteiger partial charge in [0.15, 0.2) is 0 Å². The van der Waals surface area contributed by atoms with Crippen LogP contribution in [0.1, 0.15) is 89.7 Å². The SMILES string of the molecule is C=C1C(=CC=C2CCC[C@]3(C)[C@@H]([C@H](C)C=C[C@H](O)C4(c5cccc(CC)c5)CC4)CC[C@@H]23)C[C@@H](O)C[C@@H]1O. The van der Waals surface area contributed by atoms with Crippen molar-refractivity contribution in [3.63, 3.8) is 0 Å². The monoisotopic (exact) mass is 516 g/mol. The molecule has 3 heteroatoms. The molecule has 4 aliphatic carbocycles. The lowest BCUT2D eigenvalue weighted by atomic mass is 9.61. The van der Waals surface area contributed by atoms with Crippen LogP contribution in [0.5, 0.6) is 0 Å². The Balaban J connectivity index is 1.29. The van der Waals surface area contributed by atoms with E-state index in [1.54, 1.807) is 0 Å². The Labute approximate surface area is 230 Å². The Morgan fingerprint density at radius 2 is 1.89 bits per heavy atom. The van der Waals surface area contributed by atoms with Crippen molar-refractivity contribution in [2.24, 2.45) is 23.2 Å². The van der Waals surface area contributed by atoms with Gasteiger partial charge in [-0.15, -0.1) is 0 Å². The molecular weight excluding hydrogens is 468 g/mol. The maximum Gasteiger partial charge on any atom is 0.0817 e. The summed E-state index contributed by atoms with van der Waals surface area (Å²) in [6.07, 6.45) is 17.5. The van der Waals surface area contributed by atoms with E-state index in [0.717, 1.165) is 36.8 Å². The van der Waals surface area contributed by atoms with Crippen molar-refractivity contribution in [2.75, 3.05) is 0 Å². The molecule has 0 radical (unpaired) electrons. The summed E-state index contributed by atoms with van der Waals surface area (Å²) in [5.41, 5.74) is 6.11. The molecule has 3 N–H and O–H groups in total. The second-order valence-corrected chi connectivity index (χ2v) is 13.1. The molecule has 4 fully saturated rings. The summed E-state index contributed by atoms with van der Waals surface area (Å²) < 4.78 is 0. The summed E-state index contributed by atoms with van der Waals surface area (Å²) in [6, 6.07) is 8.82. The van der Waals surface area contributed by atoms with Gasteiger partial charge in [-0.25, -0.2) is 0 Å². The maximum absolute atomic E-state index is 11.3. The van der Waals surface area contributed by atoms with Crippen molar-refractivity contribution in [1.82, 2.24) is 0 Å². The zero-order valence-electron chi connectivity index (χ0n) is 23.7. The van der Waals surface area contributed by atoms with Crippen LogP contribution in [-0.4, -0.2) is 33.6 Å². The number of hydrogen-bond acceptors (Lipinski definition) is 3. The van der Waals surface area contributed by atoms with Gasteiger partial charge in [0.1, 0.15) is 0 Å². The van der Waals surface area contributed by atoms with Crippen LogP contribution in [0.15, 0.2) is 71.9 Å². The third-order valence-corrected chi connectivity index (χ3v) is 10.8. The minimum Gasteiger partial charge on any atom is -0.393 e. The van der Waals surface area contributed by atoms with Gasteiger partial charge in [-0.05, 0) is 103 Å². The molecule has 7 atom stereocenters. The zero-order chi connectivity index (χ0) is 27.1. The van der Waals surface area contributed by atoms with Gasteiger partial charge >= 0.3 is 0 Å². The third kappa shape index (κ3) is 5.15. The highest BCUT2D eigenvalue weighted by atomic mass is 16.3. The Hall–Kier alpha value is -1.94. The van der Waals surface area contributed by atoms with Crippen LogP contribution in [0, 0.1) is 23.2 Å². The first-order valence-electron chi connectivity index (χ1n) is 15.1. The smallest absolute Gasteiger partial charge is 0.0817 e. The first kappa shape index (κ1) is 27.6. The first-order valence-corrected chi connectivity index (χ1v) is 15.1. The molecule has 0 amide bonds. The molecule has 3 nitrogen and oxygen atoms in total. The molecule has 0 bridgehead atoms. The lowest BCUT2D eigenvalue weighted by molar-refractivity contribution is 0.0862. The Morgan fingerprint density at radius 1 is 1.11 bits per heavy atom. The molecular formula is C35H48O3. The number of hydrogen-bond donors (Lipinski definition) is 3. The van der Waals surface area contributed by atoms with E-state index < -0.39 is 18.3 Å². The molecule has 4 saturated carbocycles. The molecule has 0 aromatic heterocycles. The summed E-state index contributed by atoms with van der Waals surface area (Å²) in [4.78, 5) is 0. The molecule has 4 aliphatic rings. The van der Waals surface area contributed by atoms with Gasteiger partial charge in [-0.2, -0.15) is 0 Å². The van der Waals surface area contributed by atoms with E-state index in [2.05, 4.69) is 75.9 Å². The van der Waals surface area contributed by atoms with Gasteiger partial charge in [0, 0.05) is 11.8 Å². The highest BCUT2D eigenvalue weighted by molar-refractivity contribution is 5.39. The molecule has 5 rings (SSSR count). The number of allylic oxidation sites excluding steroid dienone is 4. The number of aliphatic hydroxyl groups excluding tert-OH is 3. The van der Waals surface area contributed by atoms with Crippen molar-refractivity contribution in [2.45, 2.75) is 109 Å². The molecule has 0 unspecified atom stereocenters. The van der Waals surface area contributed by atoms with Gasteiger partial charge in [-0.3, -0.25) is 0 Å². The molecule has 38 heavy (non-hydrogen) atoms. The molecule has 1 aromatic rings. The summed E-state index contributed by atoms with van der Waals surface area (Å²) in [7, 11) is 0. The predicted molar refractivity (Wildman–Crippen MR) is 156 cm³/mol. The Bertz CT molecular complexity index is 1120. The maximum atomic E-state index is 11.3. The second kappa shape index (κ2) is 10.9. The van der Waals surface area contributed by atoms with Gasteiger partial charge in [0.25, 0.3) is 0 Å². The van der Waals surface area contributed by atoms with Crippen molar-refractivity contribution in [3.8, 4) is 0 Å². The van der Waals surface area contributed by atoms with Crippen LogP contribution >= 0.6 is 0 Å². The van der Waals surface area contributed by atoms with Crippen molar-refractivity contribution in [3.05, 3.63) is 83.0 Å². The first-order chi connectivity index (χ1) is 18.2. The number of rotatable bonds is 7. The minimum absolute atomic E-state index is 0.0952. The van der Waals surface area contributed by atoms with E-state index in [4.69, 9.17) is 0 Å². The van der Waals surface area contributed by atoms with Crippen molar-refractivity contribution >= 4 is 0 Å². The highest BCUT2D eigenvalue weighted by Gasteiger charge is 2.51. The van der Waals surface area contributed by atoms with Gasteiger partial charge < -0.3 is 15.3 Å². The lowest BCUT2D eigenvalue weighted by Gasteiger charge is -2.44. The highest BCUT2D eigenvalue weighted by Crippen LogP contribution is 2.60. The fourth-order valence-electron chi connectivity index (χ4n) is 8.20.